The average Bonchev–Trinajstić information content (AvgIpc) is 2.91. The number of para-hydroxylation sites is 1. The number of benzene rings is 1. The zero-order valence-electron chi connectivity index (χ0n) is 10.0. The molecule has 0 aliphatic rings. The maximum atomic E-state index is 11.8. The van der Waals surface area contributed by atoms with Gasteiger partial charge in [0.25, 0.3) is 5.91 Å². The van der Waals surface area contributed by atoms with E-state index in [9.17, 15) is 4.79 Å². The predicted molar refractivity (Wildman–Crippen MR) is 66.4 cm³/mol. The highest BCUT2D eigenvalue weighted by molar-refractivity contribution is 6.02. The van der Waals surface area contributed by atoms with Crippen molar-refractivity contribution in [1.29, 1.82) is 0 Å². The molecule has 1 heterocycles. The summed E-state index contributed by atoms with van der Waals surface area (Å²) in [5.74, 6) is -0.284. The molecular formula is C12H14N4O2. The molecule has 0 unspecified atom stereocenters. The van der Waals surface area contributed by atoms with Crippen LogP contribution in [0.3, 0.4) is 0 Å². The van der Waals surface area contributed by atoms with Crippen LogP contribution in [-0.2, 0) is 11.2 Å². The molecule has 94 valence electrons. The van der Waals surface area contributed by atoms with Gasteiger partial charge in [0, 0.05) is 12.8 Å². The minimum absolute atomic E-state index is 0.261. The number of carbonyl (C=O) groups excluding carboxylic acids is 1. The number of nitrogens with zero attached hydrogens (tertiary/aromatic N) is 2. The molecule has 0 saturated carbocycles. The summed E-state index contributed by atoms with van der Waals surface area (Å²) in [6.07, 6.45) is 2.12. The van der Waals surface area contributed by atoms with E-state index in [4.69, 9.17) is 4.74 Å². The Morgan fingerprint density at radius 3 is 3.00 bits per heavy atom. The van der Waals surface area contributed by atoms with Gasteiger partial charge in [0.1, 0.15) is 0 Å². The summed E-state index contributed by atoms with van der Waals surface area (Å²) in [6.45, 7) is 0.608. The summed E-state index contributed by atoms with van der Waals surface area (Å²) < 4.78 is 5.04. The van der Waals surface area contributed by atoms with Gasteiger partial charge in [0.05, 0.1) is 12.8 Å². The van der Waals surface area contributed by atoms with Crippen molar-refractivity contribution >= 4 is 11.6 Å². The SMILES string of the molecule is COCCc1ccccc1NC(=O)c1cn[nH]n1. The fourth-order valence-electron chi connectivity index (χ4n) is 1.57. The van der Waals surface area contributed by atoms with Crippen molar-refractivity contribution in [2.45, 2.75) is 6.42 Å². The fraction of sp³-hybridized carbons (Fsp3) is 0.250. The first-order chi connectivity index (χ1) is 8.81. The van der Waals surface area contributed by atoms with Gasteiger partial charge in [-0.2, -0.15) is 15.4 Å². The van der Waals surface area contributed by atoms with Gasteiger partial charge >= 0.3 is 0 Å². The summed E-state index contributed by atoms with van der Waals surface area (Å²) in [6, 6.07) is 7.60. The fourth-order valence-corrected chi connectivity index (χ4v) is 1.57. The quantitative estimate of drug-likeness (QED) is 0.832. The Balaban J connectivity index is 2.11. The molecule has 0 radical (unpaired) electrons. The van der Waals surface area contributed by atoms with Crippen LogP contribution in [0, 0.1) is 0 Å². The molecule has 0 bridgehead atoms. The first kappa shape index (κ1) is 12.3. The number of ether oxygens (including phenoxy) is 1. The van der Waals surface area contributed by atoms with Crippen molar-refractivity contribution in [1.82, 2.24) is 15.4 Å². The smallest absolute Gasteiger partial charge is 0.277 e. The van der Waals surface area contributed by atoms with Crippen LogP contribution in [0.5, 0.6) is 0 Å². The molecule has 2 N–H and O–H groups in total. The van der Waals surface area contributed by atoms with Gasteiger partial charge in [-0.15, -0.1) is 0 Å². The van der Waals surface area contributed by atoms with Crippen molar-refractivity contribution in [2.24, 2.45) is 0 Å². The van der Waals surface area contributed by atoms with Gasteiger partial charge < -0.3 is 10.1 Å². The van der Waals surface area contributed by atoms with E-state index >= 15 is 0 Å². The van der Waals surface area contributed by atoms with Gasteiger partial charge in [0.15, 0.2) is 5.69 Å². The van der Waals surface area contributed by atoms with Crippen LogP contribution in [0.25, 0.3) is 0 Å². The maximum absolute atomic E-state index is 11.8. The minimum Gasteiger partial charge on any atom is -0.384 e. The van der Waals surface area contributed by atoms with E-state index in [-0.39, 0.29) is 11.6 Å². The number of carbonyl (C=O) groups is 1. The van der Waals surface area contributed by atoms with Crippen LogP contribution in [0.1, 0.15) is 16.1 Å². The zero-order valence-corrected chi connectivity index (χ0v) is 10.0. The third-order valence-electron chi connectivity index (χ3n) is 2.49. The molecule has 6 heteroatoms. The van der Waals surface area contributed by atoms with Crippen LogP contribution in [-0.4, -0.2) is 35.0 Å². The first-order valence-electron chi connectivity index (χ1n) is 5.55. The number of nitrogens with one attached hydrogen (secondary N) is 2. The molecule has 0 saturated heterocycles. The number of amides is 1. The number of aromatic amines is 1. The Labute approximate surface area is 104 Å². The molecule has 2 aromatic rings. The van der Waals surface area contributed by atoms with Crippen LogP contribution >= 0.6 is 0 Å². The van der Waals surface area contributed by atoms with E-state index in [1.807, 2.05) is 24.3 Å². The Morgan fingerprint density at radius 1 is 1.44 bits per heavy atom. The van der Waals surface area contributed by atoms with Gasteiger partial charge in [-0.3, -0.25) is 4.79 Å². The summed E-state index contributed by atoms with van der Waals surface area (Å²) in [5, 5.41) is 12.5. The van der Waals surface area contributed by atoms with E-state index in [1.54, 1.807) is 7.11 Å². The van der Waals surface area contributed by atoms with E-state index < -0.39 is 0 Å². The molecule has 1 aromatic heterocycles. The molecule has 18 heavy (non-hydrogen) atoms. The largest absolute Gasteiger partial charge is 0.384 e. The molecule has 0 fully saturated rings. The van der Waals surface area contributed by atoms with Gasteiger partial charge in [0.2, 0.25) is 0 Å². The van der Waals surface area contributed by atoms with Crippen LogP contribution in [0.15, 0.2) is 30.5 Å². The number of anilines is 1. The molecule has 6 nitrogen and oxygen atoms in total. The number of H-pyrrole nitrogens is 1. The molecule has 2 rings (SSSR count). The number of rotatable bonds is 5. The Hall–Kier alpha value is -2.21. The van der Waals surface area contributed by atoms with E-state index in [0.29, 0.717) is 6.61 Å². The van der Waals surface area contributed by atoms with Crippen molar-refractivity contribution < 1.29 is 9.53 Å². The zero-order chi connectivity index (χ0) is 12.8. The summed E-state index contributed by atoms with van der Waals surface area (Å²) >= 11 is 0. The first-order valence-corrected chi connectivity index (χ1v) is 5.55. The van der Waals surface area contributed by atoms with Crippen molar-refractivity contribution in [2.75, 3.05) is 19.0 Å². The number of hydrogen-bond acceptors (Lipinski definition) is 4. The molecular weight excluding hydrogens is 232 g/mol. The lowest BCUT2D eigenvalue weighted by Crippen LogP contribution is -2.14. The van der Waals surface area contributed by atoms with Gasteiger partial charge in [-0.1, -0.05) is 18.2 Å². The van der Waals surface area contributed by atoms with Crippen molar-refractivity contribution in [3.63, 3.8) is 0 Å². The lowest BCUT2D eigenvalue weighted by Gasteiger charge is -2.09. The lowest BCUT2D eigenvalue weighted by atomic mass is 10.1. The third-order valence-corrected chi connectivity index (χ3v) is 2.49. The summed E-state index contributed by atoms with van der Waals surface area (Å²) in [4.78, 5) is 11.8. The molecule has 0 aliphatic carbocycles. The van der Waals surface area contributed by atoms with Crippen LogP contribution < -0.4 is 5.32 Å². The molecule has 0 aliphatic heterocycles. The van der Waals surface area contributed by atoms with E-state index in [0.717, 1.165) is 17.7 Å². The number of methoxy groups -OCH3 is 1. The highest BCUT2D eigenvalue weighted by atomic mass is 16.5. The third kappa shape index (κ3) is 2.92. The van der Waals surface area contributed by atoms with Crippen molar-refractivity contribution in [3.05, 3.63) is 41.7 Å². The Bertz CT molecular complexity index is 511. The van der Waals surface area contributed by atoms with E-state index in [2.05, 4.69) is 20.7 Å². The predicted octanol–water partition coefficient (Wildman–Crippen LogP) is 1.25. The molecule has 1 aromatic carbocycles. The van der Waals surface area contributed by atoms with Crippen LogP contribution in [0.2, 0.25) is 0 Å². The second kappa shape index (κ2) is 5.92. The summed E-state index contributed by atoms with van der Waals surface area (Å²) in [5.41, 5.74) is 2.05. The average molecular weight is 246 g/mol. The Kier molecular flexibility index (Phi) is 4.03. The molecule has 1 amide bonds. The summed E-state index contributed by atoms with van der Waals surface area (Å²) in [7, 11) is 1.65. The second-order valence-corrected chi connectivity index (χ2v) is 3.71. The standard InChI is InChI=1S/C12H14N4O2/c1-18-7-6-9-4-2-3-5-10(9)14-12(17)11-8-13-16-15-11/h2-5,8H,6-7H2,1H3,(H,14,17)(H,13,15,16). The Morgan fingerprint density at radius 2 is 2.28 bits per heavy atom. The topological polar surface area (TPSA) is 79.9 Å². The molecule has 0 atom stereocenters. The van der Waals surface area contributed by atoms with Gasteiger partial charge in [-0.05, 0) is 18.1 Å². The monoisotopic (exact) mass is 246 g/mol. The van der Waals surface area contributed by atoms with Gasteiger partial charge in [-0.25, -0.2) is 0 Å². The highest BCUT2D eigenvalue weighted by Gasteiger charge is 2.10. The number of hydrogen-bond donors (Lipinski definition) is 2. The minimum atomic E-state index is -0.284. The highest BCUT2D eigenvalue weighted by Crippen LogP contribution is 2.16. The van der Waals surface area contributed by atoms with E-state index in [1.165, 1.54) is 6.20 Å². The maximum Gasteiger partial charge on any atom is 0.277 e. The number of aromatic nitrogens is 3. The lowest BCUT2D eigenvalue weighted by molar-refractivity contribution is 0.102. The normalized spacial score (nSPS) is 10.3. The second-order valence-electron chi connectivity index (χ2n) is 3.71. The van der Waals surface area contributed by atoms with Crippen LogP contribution in [0.4, 0.5) is 5.69 Å². The van der Waals surface area contributed by atoms with Crippen molar-refractivity contribution in [3.8, 4) is 0 Å². The molecule has 0 spiro atoms.